The minimum absolute atomic E-state index is 0.212. The second kappa shape index (κ2) is 7.50. The summed E-state index contributed by atoms with van der Waals surface area (Å²) in [5.41, 5.74) is 4.80. The third kappa shape index (κ3) is 3.40. The van der Waals surface area contributed by atoms with Gasteiger partial charge in [-0.15, -0.1) is 0 Å². The van der Waals surface area contributed by atoms with E-state index in [-0.39, 0.29) is 5.91 Å². The molecule has 0 atom stereocenters. The van der Waals surface area contributed by atoms with Gasteiger partial charge in [0.2, 0.25) is 5.91 Å². The number of furan rings is 1. The monoisotopic (exact) mass is 376 g/mol. The summed E-state index contributed by atoms with van der Waals surface area (Å²) in [7, 11) is 1.64. The highest BCUT2D eigenvalue weighted by Gasteiger charge is 2.20. The fraction of sp³-hybridized carbons (Fsp3) is 0.304. The van der Waals surface area contributed by atoms with Crippen molar-refractivity contribution in [2.75, 3.05) is 12.4 Å². The molecule has 5 heteroatoms. The first-order chi connectivity index (χ1) is 13.6. The Morgan fingerprint density at radius 1 is 1.29 bits per heavy atom. The van der Waals surface area contributed by atoms with Gasteiger partial charge in [-0.1, -0.05) is 6.07 Å². The van der Waals surface area contributed by atoms with Crippen LogP contribution in [0.15, 0.2) is 41.0 Å². The number of rotatable bonds is 4. The number of hydrogen-bond donors (Lipinski definition) is 1. The Labute approximate surface area is 164 Å². The van der Waals surface area contributed by atoms with Crippen molar-refractivity contribution >= 4 is 28.3 Å². The number of carbonyl (C=O) groups is 1. The van der Waals surface area contributed by atoms with Gasteiger partial charge in [0, 0.05) is 41.3 Å². The molecule has 1 amide bonds. The number of pyridine rings is 1. The molecule has 3 aromatic rings. The lowest BCUT2D eigenvalue weighted by molar-refractivity contribution is -0.111. The number of aromatic nitrogens is 1. The molecule has 5 nitrogen and oxygen atoms in total. The Hall–Kier alpha value is -3.08. The van der Waals surface area contributed by atoms with E-state index in [0.29, 0.717) is 11.6 Å². The zero-order chi connectivity index (χ0) is 19.7. The van der Waals surface area contributed by atoms with E-state index < -0.39 is 0 Å². The molecule has 0 spiro atoms. The smallest absolute Gasteiger partial charge is 0.249 e. The molecular formula is C23H24N2O3. The number of anilines is 1. The van der Waals surface area contributed by atoms with Crippen LogP contribution < -0.4 is 10.1 Å². The molecule has 0 saturated carbocycles. The van der Waals surface area contributed by atoms with E-state index in [0.717, 1.165) is 46.3 Å². The number of benzene rings is 1. The van der Waals surface area contributed by atoms with Crippen molar-refractivity contribution in [1.82, 2.24) is 4.98 Å². The Kier molecular flexibility index (Phi) is 4.90. The molecule has 1 aromatic carbocycles. The summed E-state index contributed by atoms with van der Waals surface area (Å²) in [6, 6.07) is 7.78. The van der Waals surface area contributed by atoms with Crippen LogP contribution in [0, 0.1) is 6.92 Å². The highest BCUT2D eigenvalue weighted by atomic mass is 16.5. The van der Waals surface area contributed by atoms with E-state index in [1.807, 2.05) is 32.0 Å². The maximum absolute atomic E-state index is 12.5. The van der Waals surface area contributed by atoms with E-state index in [1.165, 1.54) is 18.4 Å². The minimum Gasteiger partial charge on any atom is -0.496 e. The van der Waals surface area contributed by atoms with Crippen molar-refractivity contribution in [2.45, 2.75) is 39.5 Å². The number of aryl methyl sites for hydroxylation is 3. The third-order valence-corrected chi connectivity index (χ3v) is 5.30. The molecule has 1 N–H and O–H groups in total. The quantitative estimate of drug-likeness (QED) is 0.646. The van der Waals surface area contributed by atoms with E-state index in [9.17, 15) is 4.79 Å². The largest absolute Gasteiger partial charge is 0.496 e. The number of allylic oxidation sites excluding steroid dienone is 1. The van der Waals surface area contributed by atoms with Crippen molar-refractivity contribution in [3.63, 3.8) is 0 Å². The van der Waals surface area contributed by atoms with E-state index in [4.69, 9.17) is 9.15 Å². The van der Waals surface area contributed by atoms with Crippen molar-refractivity contribution in [3.05, 3.63) is 59.0 Å². The Balaban J connectivity index is 1.69. The van der Waals surface area contributed by atoms with Crippen LogP contribution >= 0.6 is 0 Å². The molecular weight excluding hydrogens is 352 g/mol. The van der Waals surface area contributed by atoms with E-state index >= 15 is 0 Å². The van der Waals surface area contributed by atoms with Gasteiger partial charge in [-0.25, -0.2) is 4.98 Å². The SMILES string of the molecule is COc1cc2oc3c(c2cc1/C(C)=C/C(=O)Nc1ncccc1C)CCCC3. The van der Waals surface area contributed by atoms with Gasteiger partial charge in [-0.3, -0.25) is 4.79 Å². The first kappa shape index (κ1) is 18.3. The normalized spacial score (nSPS) is 14.0. The summed E-state index contributed by atoms with van der Waals surface area (Å²) < 4.78 is 11.6. The molecule has 0 unspecified atom stereocenters. The summed E-state index contributed by atoms with van der Waals surface area (Å²) in [5.74, 6) is 2.15. The fourth-order valence-electron chi connectivity index (χ4n) is 3.81. The number of ether oxygens (including phenoxy) is 1. The average molecular weight is 376 g/mol. The highest BCUT2D eigenvalue weighted by Crippen LogP contribution is 2.37. The predicted octanol–water partition coefficient (Wildman–Crippen LogP) is 5.07. The first-order valence-electron chi connectivity index (χ1n) is 9.60. The topological polar surface area (TPSA) is 64.4 Å². The Morgan fingerprint density at radius 3 is 2.89 bits per heavy atom. The van der Waals surface area contributed by atoms with Gasteiger partial charge in [-0.05, 0) is 56.4 Å². The van der Waals surface area contributed by atoms with Crippen molar-refractivity contribution < 1.29 is 13.9 Å². The molecule has 1 aliphatic carbocycles. The van der Waals surface area contributed by atoms with Crippen LogP contribution in [0.25, 0.3) is 16.5 Å². The second-order valence-corrected chi connectivity index (χ2v) is 7.25. The number of carbonyl (C=O) groups excluding carboxylic acids is 1. The van der Waals surface area contributed by atoms with Crippen molar-refractivity contribution in [2.24, 2.45) is 0 Å². The van der Waals surface area contributed by atoms with Gasteiger partial charge in [0.1, 0.15) is 22.9 Å². The van der Waals surface area contributed by atoms with Crippen LogP contribution in [0.1, 0.15) is 42.2 Å². The first-order valence-corrected chi connectivity index (χ1v) is 9.60. The third-order valence-electron chi connectivity index (χ3n) is 5.30. The van der Waals surface area contributed by atoms with E-state index in [2.05, 4.69) is 16.4 Å². The molecule has 0 radical (unpaired) electrons. The second-order valence-electron chi connectivity index (χ2n) is 7.25. The molecule has 0 saturated heterocycles. The van der Waals surface area contributed by atoms with Crippen LogP contribution in [0.5, 0.6) is 5.75 Å². The van der Waals surface area contributed by atoms with Gasteiger partial charge in [0.15, 0.2) is 0 Å². The van der Waals surface area contributed by atoms with Crippen molar-refractivity contribution in [1.29, 1.82) is 0 Å². The summed E-state index contributed by atoms with van der Waals surface area (Å²) in [6.07, 6.45) is 7.63. The maximum atomic E-state index is 12.5. The van der Waals surface area contributed by atoms with Crippen LogP contribution in [0.4, 0.5) is 5.82 Å². The number of nitrogens with zero attached hydrogens (tertiary/aromatic N) is 1. The van der Waals surface area contributed by atoms with Crippen LogP contribution in [-0.2, 0) is 17.6 Å². The van der Waals surface area contributed by atoms with Crippen LogP contribution in [0.2, 0.25) is 0 Å². The molecule has 4 rings (SSSR count). The number of fused-ring (bicyclic) bond motifs is 3. The average Bonchev–Trinajstić information content (AvgIpc) is 3.06. The molecule has 2 aromatic heterocycles. The molecule has 0 fully saturated rings. The zero-order valence-corrected chi connectivity index (χ0v) is 16.5. The lowest BCUT2D eigenvalue weighted by Crippen LogP contribution is -2.11. The number of methoxy groups -OCH3 is 1. The Bertz CT molecular complexity index is 1080. The number of hydrogen-bond acceptors (Lipinski definition) is 4. The molecule has 0 aliphatic heterocycles. The maximum Gasteiger partial charge on any atom is 0.249 e. The molecule has 28 heavy (non-hydrogen) atoms. The zero-order valence-electron chi connectivity index (χ0n) is 16.5. The van der Waals surface area contributed by atoms with Gasteiger partial charge in [0.05, 0.1) is 7.11 Å². The Morgan fingerprint density at radius 2 is 2.11 bits per heavy atom. The predicted molar refractivity (Wildman–Crippen MR) is 111 cm³/mol. The molecule has 1 aliphatic rings. The highest BCUT2D eigenvalue weighted by molar-refractivity contribution is 6.04. The van der Waals surface area contributed by atoms with Crippen LogP contribution in [0.3, 0.4) is 0 Å². The lowest BCUT2D eigenvalue weighted by atomic mass is 9.94. The number of nitrogens with one attached hydrogen (secondary N) is 1. The lowest BCUT2D eigenvalue weighted by Gasteiger charge is -2.11. The van der Waals surface area contributed by atoms with Gasteiger partial charge in [0.25, 0.3) is 0 Å². The number of amides is 1. The molecule has 2 heterocycles. The summed E-state index contributed by atoms with van der Waals surface area (Å²) in [5, 5.41) is 3.97. The summed E-state index contributed by atoms with van der Waals surface area (Å²) >= 11 is 0. The van der Waals surface area contributed by atoms with Gasteiger partial charge >= 0.3 is 0 Å². The van der Waals surface area contributed by atoms with Crippen LogP contribution in [-0.4, -0.2) is 18.0 Å². The van der Waals surface area contributed by atoms with Gasteiger partial charge in [-0.2, -0.15) is 0 Å². The van der Waals surface area contributed by atoms with Gasteiger partial charge < -0.3 is 14.5 Å². The van der Waals surface area contributed by atoms with E-state index in [1.54, 1.807) is 19.4 Å². The standard InChI is InChI=1S/C23H24N2O3/c1-14-7-6-10-24-23(14)25-22(26)11-15(2)17-12-18-16-8-4-5-9-19(16)28-21(18)13-20(17)27-3/h6-7,10-13H,4-5,8-9H2,1-3H3,(H,24,25,26)/b15-11+. The summed E-state index contributed by atoms with van der Waals surface area (Å²) in [6.45, 7) is 3.83. The summed E-state index contributed by atoms with van der Waals surface area (Å²) in [4.78, 5) is 16.7. The molecule has 0 bridgehead atoms. The minimum atomic E-state index is -0.212. The fourth-order valence-corrected chi connectivity index (χ4v) is 3.81. The molecule has 144 valence electrons. The van der Waals surface area contributed by atoms with Crippen molar-refractivity contribution in [3.8, 4) is 5.75 Å².